The van der Waals surface area contributed by atoms with Gasteiger partial charge in [0.1, 0.15) is 6.07 Å². The zero-order valence-corrected chi connectivity index (χ0v) is 7.90. The zero-order chi connectivity index (χ0) is 10.4. The summed E-state index contributed by atoms with van der Waals surface area (Å²) >= 11 is 0. The summed E-state index contributed by atoms with van der Waals surface area (Å²) in [5.41, 5.74) is 12.9. The molecule has 0 saturated carbocycles. The van der Waals surface area contributed by atoms with Crippen molar-refractivity contribution in [3.8, 4) is 6.07 Å². The van der Waals surface area contributed by atoms with E-state index in [1.165, 1.54) is 0 Å². The maximum Gasteiger partial charge on any atom is 0.101 e. The second-order valence-corrected chi connectivity index (χ2v) is 2.94. The zero-order valence-electron chi connectivity index (χ0n) is 7.90. The molecule has 1 aromatic rings. The van der Waals surface area contributed by atoms with E-state index in [4.69, 9.17) is 16.7 Å². The van der Waals surface area contributed by atoms with E-state index in [2.05, 4.69) is 0 Å². The Balaban J connectivity index is 2.86. The SMILES string of the molecule is N#Cc1cc(C=CCCN)ccc1N. The molecule has 3 heteroatoms. The van der Waals surface area contributed by atoms with Gasteiger partial charge >= 0.3 is 0 Å². The summed E-state index contributed by atoms with van der Waals surface area (Å²) in [6.45, 7) is 0.635. The molecule has 0 aliphatic rings. The van der Waals surface area contributed by atoms with E-state index in [0.29, 0.717) is 17.8 Å². The summed E-state index contributed by atoms with van der Waals surface area (Å²) in [5, 5.41) is 8.74. The van der Waals surface area contributed by atoms with Gasteiger partial charge in [-0.25, -0.2) is 0 Å². The quantitative estimate of drug-likeness (QED) is 0.704. The fourth-order valence-electron chi connectivity index (χ4n) is 1.09. The van der Waals surface area contributed by atoms with Crippen molar-refractivity contribution < 1.29 is 0 Å². The van der Waals surface area contributed by atoms with Crippen LogP contribution < -0.4 is 11.5 Å². The van der Waals surface area contributed by atoms with Gasteiger partial charge in [0.15, 0.2) is 0 Å². The minimum absolute atomic E-state index is 0.514. The number of nitrogens with two attached hydrogens (primary N) is 2. The number of hydrogen-bond acceptors (Lipinski definition) is 3. The number of anilines is 1. The van der Waals surface area contributed by atoms with Gasteiger partial charge in [0.05, 0.1) is 5.56 Å². The highest BCUT2D eigenvalue weighted by molar-refractivity contribution is 5.61. The Labute approximate surface area is 83.6 Å². The summed E-state index contributed by atoms with van der Waals surface area (Å²) in [5.74, 6) is 0. The predicted octanol–water partition coefficient (Wildman–Crippen LogP) is 1.50. The van der Waals surface area contributed by atoms with Gasteiger partial charge in [0.25, 0.3) is 0 Å². The average molecular weight is 187 g/mol. The first-order valence-electron chi connectivity index (χ1n) is 4.44. The Kier molecular flexibility index (Phi) is 3.71. The molecule has 14 heavy (non-hydrogen) atoms. The smallest absolute Gasteiger partial charge is 0.101 e. The molecule has 0 aliphatic heterocycles. The van der Waals surface area contributed by atoms with Crippen molar-refractivity contribution in [2.45, 2.75) is 6.42 Å². The van der Waals surface area contributed by atoms with E-state index in [0.717, 1.165) is 12.0 Å². The van der Waals surface area contributed by atoms with Crippen LogP contribution >= 0.6 is 0 Å². The van der Waals surface area contributed by atoms with Gasteiger partial charge < -0.3 is 11.5 Å². The van der Waals surface area contributed by atoms with Crippen molar-refractivity contribution in [1.82, 2.24) is 0 Å². The molecule has 0 unspecified atom stereocenters. The number of nitrogens with zero attached hydrogens (tertiary/aromatic N) is 1. The average Bonchev–Trinajstić information content (AvgIpc) is 2.21. The van der Waals surface area contributed by atoms with Crippen LogP contribution in [0.4, 0.5) is 5.69 Å². The van der Waals surface area contributed by atoms with Crippen LogP contribution in [0.3, 0.4) is 0 Å². The highest BCUT2D eigenvalue weighted by Gasteiger charge is 1.96. The maximum absolute atomic E-state index is 8.74. The number of nitriles is 1. The molecule has 4 N–H and O–H groups in total. The van der Waals surface area contributed by atoms with Gasteiger partial charge in [-0.2, -0.15) is 5.26 Å². The molecule has 0 fully saturated rings. The molecule has 0 amide bonds. The summed E-state index contributed by atoms with van der Waals surface area (Å²) in [4.78, 5) is 0. The van der Waals surface area contributed by atoms with Gasteiger partial charge in [-0.15, -0.1) is 0 Å². The van der Waals surface area contributed by atoms with Gasteiger partial charge in [-0.05, 0) is 30.7 Å². The van der Waals surface area contributed by atoms with Gasteiger partial charge in [0.2, 0.25) is 0 Å². The summed E-state index contributed by atoms with van der Waals surface area (Å²) in [6, 6.07) is 7.42. The van der Waals surface area contributed by atoms with Gasteiger partial charge in [0, 0.05) is 5.69 Å². The molecule has 0 saturated heterocycles. The van der Waals surface area contributed by atoms with E-state index < -0.39 is 0 Å². The van der Waals surface area contributed by atoms with Crippen LogP contribution in [0.1, 0.15) is 17.5 Å². The van der Waals surface area contributed by atoms with Gasteiger partial charge in [-0.3, -0.25) is 0 Å². The molecular formula is C11H13N3. The lowest BCUT2D eigenvalue weighted by atomic mass is 10.1. The van der Waals surface area contributed by atoms with E-state index >= 15 is 0 Å². The Morgan fingerprint density at radius 1 is 1.43 bits per heavy atom. The summed E-state index contributed by atoms with van der Waals surface area (Å²) in [6.07, 6.45) is 4.76. The van der Waals surface area contributed by atoms with Crippen molar-refractivity contribution >= 4 is 11.8 Å². The second-order valence-electron chi connectivity index (χ2n) is 2.94. The maximum atomic E-state index is 8.74. The minimum atomic E-state index is 0.514. The molecule has 0 heterocycles. The van der Waals surface area contributed by atoms with Crippen LogP contribution in [0.5, 0.6) is 0 Å². The first-order chi connectivity index (χ1) is 6.77. The molecule has 0 atom stereocenters. The van der Waals surface area contributed by atoms with Crippen LogP contribution in [-0.2, 0) is 0 Å². The van der Waals surface area contributed by atoms with Crippen LogP contribution in [0.2, 0.25) is 0 Å². The molecule has 3 nitrogen and oxygen atoms in total. The Bertz CT molecular complexity index is 375. The van der Waals surface area contributed by atoms with Crippen molar-refractivity contribution in [1.29, 1.82) is 5.26 Å². The first-order valence-corrected chi connectivity index (χ1v) is 4.44. The van der Waals surface area contributed by atoms with Crippen molar-refractivity contribution in [3.63, 3.8) is 0 Å². The molecule has 0 bridgehead atoms. The monoisotopic (exact) mass is 187 g/mol. The topological polar surface area (TPSA) is 75.8 Å². The Hall–Kier alpha value is -1.79. The lowest BCUT2D eigenvalue weighted by Crippen LogP contribution is -1.95. The van der Waals surface area contributed by atoms with Crippen molar-refractivity contribution in [2.75, 3.05) is 12.3 Å². The number of hydrogen-bond donors (Lipinski definition) is 2. The van der Waals surface area contributed by atoms with E-state index in [1.54, 1.807) is 12.1 Å². The standard InChI is InChI=1S/C11H13N3/c12-6-2-1-3-9-4-5-11(14)10(7-9)8-13/h1,3-5,7H,2,6,12,14H2. The van der Waals surface area contributed by atoms with Crippen LogP contribution in [0.25, 0.3) is 6.08 Å². The summed E-state index contributed by atoms with van der Waals surface area (Å²) < 4.78 is 0. The molecule has 1 aromatic carbocycles. The van der Waals surface area contributed by atoms with Gasteiger partial charge in [-0.1, -0.05) is 18.2 Å². The summed E-state index contributed by atoms with van der Waals surface area (Å²) in [7, 11) is 0. The second kappa shape index (κ2) is 5.05. The Morgan fingerprint density at radius 3 is 2.86 bits per heavy atom. The van der Waals surface area contributed by atoms with E-state index in [1.807, 2.05) is 24.3 Å². The molecule has 0 aromatic heterocycles. The molecule has 0 spiro atoms. The predicted molar refractivity (Wildman–Crippen MR) is 58.3 cm³/mol. The van der Waals surface area contributed by atoms with Crippen LogP contribution in [0, 0.1) is 11.3 Å². The fourth-order valence-corrected chi connectivity index (χ4v) is 1.09. The van der Waals surface area contributed by atoms with Crippen LogP contribution in [0.15, 0.2) is 24.3 Å². The minimum Gasteiger partial charge on any atom is -0.398 e. The molecule has 1 rings (SSSR count). The third-order valence-corrected chi connectivity index (χ3v) is 1.84. The normalized spacial score (nSPS) is 10.3. The number of rotatable bonds is 3. The van der Waals surface area contributed by atoms with Crippen LogP contribution in [-0.4, -0.2) is 6.54 Å². The molecule has 0 radical (unpaired) electrons. The van der Waals surface area contributed by atoms with Crippen molar-refractivity contribution in [3.05, 3.63) is 35.4 Å². The molecule has 0 aliphatic carbocycles. The highest BCUT2D eigenvalue weighted by Crippen LogP contribution is 2.14. The van der Waals surface area contributed by atoms with E-state index in [-0.39, 0.29) is 0 Å². The number of nitrogen functional groups attached to an aromatic ring is 1. The lowest BCUT2D eigenvalue weighted by molar-refractivity contribution is 1.01. The molecular weight excluding hydrogens is 174 g/mol. The Morgan fingerprint density at radius 2 is 2.21 bits per heavy atom. The molecule has 72 valence electrons. The highest BCUT2D eigenvalue weighted by atomic mass is 14.6. The van der Waals surface area contributed by atoms with E-state index in [9.17, 15) is 0 Å². The third kappa shape index (κ3) is 2.61. The first kappa shape index (κ1) is 10.3. The lowest BCUT2D eigenvalue weighted by Gasteiger charge is -1.98. The largest absolute Gasteiger partial charge is 0.398 e. The number of benzene rings is 1. The fraction of sp³-hybridized carbons (Fsp3) is 0.182. The third-order valence-electron chi connectivity index (χ3n) is 1.84. The van der Waals surface area contributed by atoms with Crippen molar-refractivity contribution in [2.24, 2.45) is 5.73 Å².